The van der Waals surface area contributed by atoms with Crippen molar-refractivity contribution in [3.05, 3.63) is 65.0 Å². The van der Waals surface area contributed by atoms with E-state index in [0.717, 1.165) is 53.0 Å². The zero-order valence-electron chi connectivity index (χ0n) is 18.7. The molecule has 0 spiro atoms. The van der Waals surface area contributed by atoms with Crippen LogP contribution in [0.5, 0.6) is 0 Å². The Labute approximate surface area is 196 Å². The number of amides is 1. The fourth-order valence-corrected chi connectivity index (χ4v) is 4.47. The third-order valence-electron chi connectivity index (χ3n) is 6.10. The van der Waals surface area contributed by atoms with E-state index in [1.165, 1.54) is 0 Å². The van der Waals surface area contributed by atoms with Crippen LogP contribution < -0.4 is 21.8 Å². The number of aromatic nitrogens is 3. The number of aromatic amines is 1. The van der Waals surface area contributed by atoms with Crippen LogP contribution in [-0.2, 0) is 13.0 Å². The largest absolute Gasteiger partial charge is 0.488 e. The summed E-state index contributed by atoms with van der Waals surface area (Å²) in [7, 11) is -1.52. The summed E-state index contributed by atoms with van der Waals surface area (Å²) in [5.41, 5.74) is 11.5. The van der Waals surface area contributed by atoms with Gasteiger partial charge in [0.05, 0.1) is 22.5 Å². The Balaban J connectivity index is 1.57. The number of carbonyl (C=O) groups is 1. The molecule has 5 rings (SSSR count). The molecule has 0 saturated heterocycles. The van der Waals surface area contributed by atoms with Gasteiger partial charge in [0.1, 0.15) is 0 Å². The van der Waals surface area contributed by atoms with Crippen LogP contribution >= 0.6 is 0 Å². The minimum Gasteiger partial charge on any atom is -0.423 e. The van der Waals surface area contributed by atoms with Crippen LogP contribution in [-0.4, -0.2) is 44.6 Å². The first-order chi connectivity index (χ1) is 16.4. The van der Waals surface area contributed by atoms with E-state index in [-0.39, 0.29) is 0 Å². The molecule has 0 unspecified atom stereocenters. The van der Waals surface area contributed by atoms with E-state index >= 15 is 0 Å². The standard InChI is InChI=1S/C24H25BN6O3/c1-13-19(16-7-3-8-17(22(26)32)20(16)29-13)23-30-18-9-4-10-27-21(18)24(31-23)28-12-14-5-2-6-15(11-14)25(33)34/h2-3,5-8,11,27,29,33-34H,4,9-10,12H2,1H3,(H2,26,32)(H,28,30,31). The molecule has 0 bridgehead atoms. The quantitative estimate of drug-likeness (QED) is 0.242. The van der Waals surface area contributed by atoms with Gasteiger partial charge in [-0.15, -0.1) is 0 Å². The summed E-state index contributed by atoms with van der Waals surface area (Å²) in [4.78, 5) is 25.0. The average Bonchev–Trinajstić information content (AvgIpc) is 3.18. The van der Waals surface area contributed by atoms with Gasteiger partial charge in [-0.3, -0.25) is 4.79 Å². The maximum absolute atomic E-state index is 11.9. The number of nitrogens with two attached hydrogens (primary N) is 1. The van der Waals surface area contributed by atoms with E-state index < -0.39 is 13.0 Å². The zero-order valence-corrected chi connectivity index (χ0v) is 18.7. The number of H-pyrrole nitrogens is 1. The van der Waals surface area contributed by atoms with Crippen LogP contribution in [0.2, 0.25) is 0 Å². The van der Waals surface area contributed by atoms with Gasteiger partial charge in [-0.2, -0.15) is 0 Å². The Hall–Kier alpha value is -3.89. The average molecular weight is 456 g/mol. The predicted molar refractivity (Wildman–Crippen MR) is 133 cm³/mol. The summed E-state index contributed by atoms with van der Waals surface area (Å²) in [6.45, 7) is 3.22. The Morgan fingerprint density at radius 1 is 1.21 bits per heavy atom. The zero-order chi connectivity index (χ0) is 23.8. The SMILES string of the molecule is Cc1[nH]c2c(C(N)=O)cccc2c1-c1nc2c(c(NCc3cccc(B(O)O)c3)n1)NCCC2. The molecule has 172 valence electrons. The van der Waals surface area contributed by atoms with Crippen molar-refractivity contribution in [1.29, 1.82) is 0 Å². The maximum atomic E-state index is 11.9. The van der Waals surface area contributed by atoms with Crippen molar-refractivity contribution in [3.8, 4) is 11.4 Å². The highest BCUT2D eigenvalue weighted by atomic mass is 16.4. The summed E-state index contributed by atoms with van der Waals surface area (Å²) in [5, 5.41) is 26.6. The second kappa shape index (κ2) is 8.81. The topological polar surface area (TPSA) is 149 Å². The van der Waals surface area contributed by atoms with Crippen molar-refractivity contribution >= 4 is 40.9 Å². The summed E-state index contributed by atoms with van der Waals surface area (Å²) in [6.07, 6.45) is 1.80. The molecule has 0 atom stereocenters. The first-order valence-corrected chi connectivity index (χ1v) is 11.2. The smallest absolute Gasteiger partial charge is 0.423 e. The molecule has 1 aliphatic heterocycles. The minimum absolute atomic E-state index is 0.427. The van der Waals surface area contributed by atoms with Gasteiger partial charge in [-0.25, -0.2) is 9.97 Å². The lowest BCUT2D eigenvalue weighted by atomic mass is 9.80. The number of nitrogens with zero attached hydrogens (tertiary/aromatic N) is 2. The van der Waals surface area contributed by atoms with Gasteiger partial charge >= 0.3 is 7.12 Å². The number of rotatable bonds is 6. The van der Waals surface area contributed by atoms with Crippen LogP contribution in [0, 0.1) is 6.92 Å². The van der Waals surface area contributed by atoms with Crippen LogP contribution in [0.25, 0.3) is 22.3 Å². The molecule has 2 aromatic carbocycles. The lowest BCUT2D eigenvalue weighted by Gasteiger charge is -2.21. The van der Waals surface area contributed by atoms with Gasteiger partial charge in [-0.05, 0) is 36.9 Å². The van der Waals surface area contributed by atoms with E-state index in [1.54, 1.807) is 30.3 Å². The molecule has 10 heteroatoms. The molecule has 4 aromatic rings. The van der Waals surface area contributed by atoms with Crippen LogP contribution in [0.3, 0.4) is 0 Å². The second-order valence-corrected chi connectivity index (χ2v) is 8.44. The van der Waals surface area contributed by atoms with Crippen LogP contribution in [0.15, 0.2) is 42.5 Å². The molecule has 1 amide bonds. The first-order valence-electron chi connectivity index (χ1n) is 11.2. The number of anilines is 2. The van der Waals surface area contributed by atoms with E-state index in [4.69, 9.17) is 15.7 Å². The van der Waals surface area contributed by atoms with E-state index in [0.29, 0.717) is 34.7 Å². The molecule has 7 N–H and O–H groups in total. The molecule has 0 radical (unpaired) electrons. The van der Waals surface area contributed by atoms with E-state index in [2.05, 4.69) is 15.6 Å². The lowest BCUT2D eigenvalue weighted by Crippen LogP contribution is -2.30. The predicted octanol–water partition coefficient (Wildman–Crippen LogP) is 1.68. The van der Waals surface area contributed by atoms with Gasteiger partial charge in [0, 0.05) is 29.7 Å². The third-order valence-corrected chi connectivity index (χ3v) is 6.10. The summed E-state index contributed by atoms with van der Waals surface area (Å²) >= 11 is 0. The van der Waals surface area contributed by atoms with Crippen molar-refractivity contribution in [3.63, 3.8) is 0 Å². The minimum atomic E-state index is -1.52. The van der Waals surface area contributed by atoms with Crippen molar-refractivity contribution < 1.29 is 14.8 Å². The fourth-order valence-electron chi connectivity index (χ4n) is 4.47. The van der Waals surface area contributed by atoms with Crippen molar-refractivity contribution in [1.82, 2.24) is 15.0 Å². The summed E-state index contributed by atoms with van der Waals surface area (Å²) < 4.78 is 0. The molecule has 9 nitrogen and oxygen atoms in total. The van der Waals surface area contributed by atoms with Crippen molar-refractivity contribution in [2.45, 2.75) is 26.3 Å². The molecule has 0 saturated carbocycles. The highest BCUT2D eigenvalue weighted by Gasteiger charge is 2.22. The monoisotopic (exact) mass is 456 g/mol. The Kier molecular flexibility index (Phi) is 5.68. The Bertz CT molecular complexity index is 1400. The molecule has 34 heavy (non-hydrogen) atoms. The lowest BCUT2D eigenvalue weighted by molar-refractivity contribution is 0.100. The van der Waals surface area contributed by atoms with Crippen molar-refractivity contribution in [2.75, 3.05) is 17.2 Å². The van der Waals surface area contributed by atoms with Gasteiger partial charge < -0.3 is 31.4 Å². The summed E-state index contributed by atoms with van der Waals surface area (Å²) in [5.74, 6) is 0.746. The number of primary amides is 1. The number of hydrogen-bond donors (Lipinski definition) is 6. The molecule has 0 fully saturated rings. The van der Waals surface area contributed by atoms with Gasteiger partial charge in [0.2, 0.25) is 0 Å². The summed E-state index contributed by atoms with van der Waals surface area (Å²) in [6, 6.07) is 12.6. The number of nitrogens with one attached hydrogen (secondary N) is 3. The number of benzene rings is 2. The Morgan fingerprint density at radius 2 is 2.03 bits per heavy atom. The number of hydrogen-bond acceptors (Lipinski definition) is 7. The number of fused-ring (bicyclic) bond motifs is 2. The van der Waals surface area contributed by atoms with Crippen LogP contribution in [0.4, 0.5) is 11.5 Å². The molecule has 3 heterocycles. The van der Waals surface area contributed by atoms with Gasteiger partial charge in [-0.1, -0.05) is 36.4 Å². The molecular weight excluding hydrogens is 431 g/mol. The van der Waals surface area contributed by atoms with Gasteiger partial charge in [0.25, 0.3) is 5.91 Å². The number of para-hydroxylation sites is 1. The maximum Gasteiger partial charge on any atom is 0.488 e. The molecule has 1 aliphatic rings. The van der Waals surface area contributed by atoms with E-state index in [1.807, 2.05) is 19.1 Å². The normalized spacial score (nSPS) is 12.8. The van der Waals surface area contributed by atoms with Gasteiger partial charge in [0.15, 0.2) is 11.6 Å². The van der Waals surface area contributed by atoms with E-state index in [9.17, 15) is 14.8 Å². The fraction of sp³-hybridized carbons (Fsp3) is 0.208. The third kappa shape index (κ3) is 3.97. The van der Waals surface area contributed by atoms with Crippen LogP contribution in [0.1, 0.15) is 33.7 Å². The molecular formula is C24H25BN6O3. The molecule has 2 aromatic heterocycles. The highest BCUT2D eigenvalue weighted by molar-refractivity contribution is 6.58. The van der Waals surface area contributed by atoms with Crippen molar-refractivity contribution in [2.24, 2.45) is 5.73 Å². The first kappa shape index (κ1) is 21.9. The number of aryl methyl sites for hydroxylation is 2. The Morgan fingerprint density at radius 3 is 2.82 bits per heavy atom. The molecule has 0 aliphatic carbocycles. The second-order valence-electron chi connectivity index (χ2n) is 8.44. The highest BCUT2D eigenvalue weighted by Crippen LogP contribution is 2.36. The number of carbonyl (C=O) groups excluding carboxylic acids is 1.